The molecule has 0 saturated carbocycles. The van der Waals surface area contributed by atoms with Crippen LogP contribution < -0.4 is 9.62 Å². The number of hydrogen-bond acceptors (Lipinski definition) is 3. The van der Waals surface area contributed by atoms with Crippen molar-refractivity contribution in [2.24, 2.45) is 0 Å². The van der Waals surface area contributed by atoms with Gasteiger partial charge in [-0.1, -0.05) is 30.3 Å². The second-order valence-corrected chi connectivity index (χ2v) is 7.03. The number of aryl methyl sites for hydroxylation is 1. The van der Waals surface area contributed by atoms with Crippen LogP contribution >= 0.6 is 0 Å². The van der Waals surface area contributed by atoms with Crippen LogP contribution in [-0.4, -0.2) is 20.4 Å². The van der Waals surface area contributed by atoms with Gasteiger partial charge in [-0.05, 0) is 37.6 Å². The molecule has 1 heterocycles. The minimum absolute atomic E-state index is 0.214. The molecule has 1 atom stereocenters. The highest BCUT2D eigenvalue weighted by Crippen LogP contribution is 2.36. The zero-order chi connectivity index (χ0) is 15.9. The number of nitrogens with zero attached hydrogens (tertiary/aromatic N) is 1. The van der Waals surface area contributed by atoms with Gasteiger partial charge >= 0.3 is 0 Å². The van der Waals surface area contributed by atoms with Crippen molar-refractivity contribution in [3.05, 3.63) is 54.1 Å². The van der Waals surface area contributed by atoms with Gasteiger partial charge < -0.3 is 5.32 Å². The number of carbonyl (C=O) groups is 1. The van der Waals surface area contributed by atoms with Crippen LogP contribution in [0.5, 0.6) is 0 Å². The van der Waals surface area contributed by atoms with Crippen LogP contribution in [-0.2, 0) is 14.8 Å². The number of nitrogens with one attached hydrogen (secondary N) is 1. The third-order valence-corrected chi connectivity index (χ3v) is 5.81. The molecule has 2 aromatic carbocycles. The van der Waals surface area contributed by atoms with E-state index in [-0.39, 0.29) is 10.8 Å². The third kappa shape index (κ3) is 2.16. The average molecular weight is 316 g/mol. The van der Waals surface area contributed by atoms with Gasteiger partial charge in [0.1, 0.15) is 6.04 Å². The molecule has 1 amide bonds. The molecule has 0 aromatic heterocycles. The quantitative estimate of drug-likeness (QED) is 0.926. The zero-order valence-corrected chi connectivity index (χ0v) is 13.1. The number of benzene rings is 2. The maximum absolute atomic E-state index is 13.1. The number of amides is 1. The molecular formula is C16H16N2O3S. The van der Waals surface area contributed by atoms with E-state index in [4.69, 9.17) is 0 Å². The summed E-state index contributed by atoms with van der Waals surface area (Å²) in [6.07, 6.45) is 0. The number of hydrogen-bond donors (Lipinski definition) is 1. The normalized spacial score (nSPS) is 17.8. The molecule has 6 heteroatoms. The predicted molar refractivity (Wildman–Crippen MR) is 85.4 cm³/mol. The molecule has 22 heavy (non-hydrogen) atoms. The minimum atomic E-state index is -3.82. The molecular weight excluding hydrogens is 300 g/mol. The monoisotopic (exact) mass is 316 g/mol. The topological polar surface area (TPSA) is 66.5 Å². The summed E-state index contributed by atoms with van der Waals surface area (Å²) >= 11 is 0. The highest BCUT2D eigenvalue weighted by atomic mass is 32.2. The fourth-order valence-corrected chi connectivity index (χ4v) is 4.48. The molecule has 0 aliphatic carbocycles. The van der Waals surface area contributed by atoms with Crippen molar-refractivity contribution in [3.8, 4) is 0 Å². The van der Waals surface area contributed by atoms with E-state index in [1.807, 2.05) is 0 Å². The molecule has 5 nitrogen and oxygen atoms in total. The third-order valence-electron chi connectivity index (χ3n) is 3.76. The first-order chi connectivity index (χ1) is 10.4. The Bertz CT molecular complexity index is 846. The van der Waals surface area contributed by atoms with Gasteiger partial charge in [0.2, 0.25) is 5.91 Å². The summed E-state index contributed by atoms with van der Waals surface area (Å²) in [6, 6.07) is 12.9. The van der Waals surface area contributed by atoms with Crippen LogP contribution in [0.25, 0.3) is 0 Å². The summed E-state index contributed by atoms with van der Waals surface area (Å²) in [5.41, 5.74) is 1.64. The summed E-state index contributed by atoms with van der Waals surface area (Å²) < 4.78 is 27.3. The Morgan fingerprint density at radius 1 is 1.05 bits per heavy atom. The molecule has 0 saturated heterocycles. The summed E-state index contributed by atoms with van der Waals surface area (Å²) in [7, 11) is -3.82. The fraction of sp³-hybridized carbons (Fsp3) is 0.188. The number of para-hydroxylation sites is 2. The van der Waals surface area contributed by atoms with Crippen molar-refractivity contribution in [2.45, 2.75) is 24.8 Å². The van der Waals surface area contributed by atoms with Crippen LogP contribution in [0, 0.1) is 6.92 Å². The Morgan fingerprint density at radius 3 is 2.41 bits per heavy atom. The maximum atomic E-state index is 13.1. The SMILES string of the molecule is Cc1ccccc1S(=O)(=O)N1c2ccccc2NC(=O)C1C. The Labute approximate surface area is 129 Å². The summed E-state index contributed by atoms with van der Waals surface area (Å²) in [6.45, 7) is 3.33. The van der Waals surface area contributed by atoms with E-state index < -0.39 is 16.1 Å². The van der Waals surface area contributed by atoms with E-state index in [0.717, 1.165) is 0 Å². The highest BCUT2D eigenvalue weighted by Gasteiger charge is 2.38. The molecule has 3 rings (SSSR count). The lowest BCUT2D eigenvalue weighted by atomic mass is 10.1. The number of fused-ring (bicyclic) bond motifs is 1. The molecule has 0 radical (unpaired) electrons. The zero-order valence-electron chi connectivity index (χ0n) is 12.3. The Hall–Kier alpha value is -2.34. The van der Waals surface area contributed by atoms with Crippen molar-refractivity contribution in [3.63, 3.8) is 0 Å². The largest absolute Gasteiger partial charge is 0.322 e. The lowest BCUT2D eigenvalue weighted by Crippen LogP contribution is -2.49. The smallest absolute Gasteiger partial charge is 0.265 e. The Morgan fingerprint density at radius 2 is 1.68 bits per heavy atom. The first-order valence-electron chi connectivity index (χ1n) is 6.93. The first kappa shape index (κ1) is 14.6. The maximum Gasteiger partial charge on any atom is 0.265 e. The van der Waals surface area contributed by atoms with Gasteiger partial charge in [0, 0.05) is 0 Å². The predicted octanol–water partition coefficient (Wildman–Crippen LogP) is 2.53. The number of anilines is 2. The van der Waals surface area contributed by atoms with E-state index in [2.05, 4.69) is 5.32 Å². The van der Waals surface area contributed by atoms with E-state index in [1.165, 1.54) is 4.31 Å². The second kappa shape index (κ2) is 5.14. The Balaban J connectivity index is 2.22. The molecule has 1 unspecified atom stereocenters. The first-order valence-corrected chi connectivity index (χ1v) is 8.37. The van der Waals surface area contributed by atoms with Gasteiger partial charge in [-0.2, -0.15) is 0 Å². The molecule has 2 aromatic rings. The fourth-order valence-electron chi connectivity index (χ4n) is 2.61. The van der Waals surface area contributed by atoms with Gasteiger partial charge in [-0.25, -0.2) is 8.42 Å². The van der Waals surface area contributed by atoms with Gasteiger partial charge in [-0.3, -0.25) is 9.10 Å². The van der Waals surface area contributed by atoms with E-state index >= 15 is 0 Å². The van der Waals surface area contributed by atoms with E-state index in [0.29, 0.717) is 16.9 Å². The summed E-state index contributed by atoms with van der Waals surface area (Å²) in [5, 5.41) is 2.73. The van der Waals surface area contributed by atoms with Crippen molar-refractivity contribution >= 4 is 27.3 Å². The van der Waals surface area contributed by atoms with Gasteiger partial charge in [0.15, 0.2) is 0 Å². The molecule has 1 N–H and O–H groups in total. The van der Waals surface area contributed by atoms with Crippen LogP contribution in [0.3, 0.4) is 0 Å². The standard InChI is InChI=1S/C16H16N2O3S/c1-11-7-3-6-10-15(11)22(20,21)18-12(2)16(19)17-13-8-4-5-9-14(13)18/h3-10,12H,1-2H3,(H,17,19). The van der Waals surface area contributed by atoms with Gasteiger partial charge in [-0.15, -0.1) is 0 Å². The lowest BCUT2D eigenvalue weighted by molar-refractivity contribution is -0.117. The minimum Gasteiger partial charge on any atom is -0.322 e. The van der Waals surface area contributed by atoms with Gasteiger partial charge in [0.25, 0.3) is 10.0 Å². The average Bonchev–Trinajstić information content (AvgIpc) is 2.48. The van der Waals surface area contributed by atoms with E-state index in [9.17, 15) is 13.2 Å². The molecule has 114 valence electrons. The number of carbonyl (C=O) groups excluding carboxylic acids is 1. The van der Waals surface area contributed by atoms with Crippen molar-refractivity contribution < 1.29 is 13.2 Å². The number of sulfonamides is 1. The van der Waals surface area contributed by atoms with Crippen molar-refractivity contribution in [2.75, 3.05) is 9.62 Å². The van der Waals surface area contributed by atoms with Crippen LogP contribution in [0.15, 0.2) is 53.4 Å². The van der Waals surface area contributed by atoms with Crippen LogP contribution in [0.2, 0.25) is 0 Å². The van der Waals surface area contributed by atoms with Crippen molar-refractivity contribution in [1.82, 2.24) is 0 Å². The van der Waals surface area contributed by atoms with Gasteiger partial charge in [0.05, 0.1) is 16.3 Å². The van der Waals surface area contributed by atoms with Crippen LogP contribution in [0.4, 0.5) is 11.4 Å². The highest BCUT2D eigenvalue weighted by molar-refractivity contribution is 7.93. The summed E-state index contributed by atoms with van der Waals surface area (Å²) in [5.74, 6) is -0.337. The number of rotatable bonds is 2. The lowest BCUT2D eigenvalue weighted by Gasteiger charge is -2.35. The van der Waals surface area contributed by atoms with E-state index in [1.54, 1.807) is 62.4 Å². The molecule has 1 aliphatic heterocycles. The molecule has 0 spiro atoms. The second-order valence-electron chi connectivity index (χ2n) is 5.25. The summed E-state index contributed by atoms with van der Waals surface area (Å²) in [4.78, 5) is 12.3. The van der Waals surface area contributed by atoms with Crippen molar-refractivity contribution in [1.29, 1.82) is 0 Å². The Kier molecular flexibility index (Phi) is 3.41. The molecule has 0 fully saturated rings. The molecule has 1 aliphatic rings. The van der Waals surface area contributed by atoms with Crippen LogP contribution in [0.1, 0.15) is 12.5 Å². The molecule has 0 bridgehead atoms.